The second kappa shape index (κ2) is 13.9. The number of methoxy groups -OCH3 is 2. The molecule has 8 rings (SSSR count). The third-order valence-electron chi connectivity index (χ3n) is 11.5. The molecule has 2 heterocycles. The first-order chi connectivity index (χ1) is 24.7. The van der Waals surface area contributed by atoms with E-state index in [1.165, 1.54) is 22.3 Å². The van der Waals surface area contributed by atoms with E-state index in [1.54, 1.807) is 21.1 Å². The SMILES string of the molecule is COc1cc(-c2cccc(-c3cccc(-c4cc5c(c(OC)c4)[C@@H](N4CC(C(C)=O)C4)CC5)c3Cl)c2Cl)cc2c1[C@H](NC[C@@H]1CCC(=O)N1)CC2. The molecule has 2 aliphatic heterocycles. The first-order valence-corrected chi connectivity index (χ1v) is 18.8. The van der Waals surface area contributed by atoms with Gasteiger partial charge in [0.05, 0.1) is 24.3 Å². The zero-order chi connectivity index (χ0) is 35.4. The normalized spacial score (nSPS) is 21.3. The number of hydrogen-bond acceptors (Lipinski definition) is 6. The topological polar surface area (TPSA) is 79.9 Å². The highest BCUT2D eigenvalue weighted by Gasteiger charge is 2.40. The molecule has 0 radical (unpaired) electrons. The number of likely N-dealkylation sites (tertiary alicyclic amines) is 1. The number of benzene rings is 4. The largest absolute Gasteiger partial charge is 0.496 e. The summed E-state index contributed by atoms with van der Waals surface area (Å²) in [6.45, 7) is 4.07. The third kappa shape index (κ3) is 6.22. The van der Waals surface area contributed by atoms with Crippen molar-refractivity contribution in [2.45, 2.75) is 63.6 Å². The number of carbonyl (C=O) groups is 2. The molecule has 4 aliphatic rings. The Hall–Kier alpha value is -3.88. The molecular weight excluding hydrogens is 681 g/mol. The second-order valence-electron chi connectivity index (χ2n) is 14.5. The van der Waals surface area contributed by atoms with E-state index < -0.39 is 0 Å². The van der Waals surface area contributed by atoms with Gasteiger partial charge in [-0.2, -0.15) is 0 Å². The fraction of sp³-hybridized carbons (Fsp3) is 0.381. The predicted molar refractivity (Wildman–Crippen MR) is 203 cm³/mol. The van der Waals surface area contributed by atoms with Crippen molar-refractivity contribution in [3.63, 3.8) is 0 Å². The lowest BCUT2D eigenvalue weighted by molar-refractivity contribution is -0.127. The van der Waals surface area contributed by atoms with Crippen LogP contribution in [-0.4, -0.2) is 56.5 Å². The Morgan fingerprint density at radius 1 is 0.804 bits per heavy atom. The van der Waals surface area contributed by atoms with Gasteiger partial charge in [0, 0.05) is 83.5 Å². The Balaban J connectivity index is 1.09. The Bertz CT molecular complexity index is 2040. The minimum atomic E-state index is 0.133. The van der Waals surface area contributed by atoms with E-state index in [-0.39, 0.29) is 35.7 Å². The monoisotopic (exact) mass is 723 g/mol. The molecule has 2 saturated heterocycles. The minimum absolute atomic E-state index is 0.133. The van der Waals surface area contributed by atoms with Crippen molar-refractivity contribution in [3.05, 3.63) is 93.0 Å². The van der Waals surface area contributed by atoms with Crippen LogP contribution in [0, 0.1) is 5.92 Å². The van der Waals surface area contributed by atoms with Crippen LogP contribution in [0.5, 0.6) is 11.5 Å². The number of fused-ring (bicyclic) bond motifs is 2. The summed E-state index contributed by atoms with van der Waals surface area (Å²) < 4.78 is 12.0. The molecule has 2 fully saturated rings. The molecule has 1 amide bonds. The molecule has 7 nitrogen and oxygen atoms in total. The van der Waals surface area contributed by atoms with Crippen LogP contribution < -0.4 is 20.1 Å². The Morgan fingerprint density at radius 3 is 1.94 bits per heavy atom. The fourth-order valence-corrected chi connectivity index (χ4v) is 9.39. The van der Waals surface area contributed by atoms with Gasteiger partial charge in [0.25, 0.3) is 0 Å². The van der Waals surface area contributed by atoms with E-state index in [4.69, 9.17) is 32.7 Å². The zero-order valence-corrected chi connectivity index (χ0v) is 30.8. The highest BCUT2D eigenvalue weighted by atomic mass is 35.5. The maximum Gasteiger partial charge on any atom is 0.220 e. The first-order valence-electron chi connectivity index (χ1n) is 18.0. The number of ether oxygens (including phenoxy) is 2. The third-order valence-corrected chi connectivity index (χ3v) is 12.3. The standard InChI is InChI=1S/C42H43Cl2N3O4/c1-23(48)28-21-47(22-28)35-14-11-25-17-27(19-37(51-3)40(25)35)31-7-5-9-33(42(31)44)32-8-4-6-30(41(32)43)26-16-24-10-13-34(39(24)36(18-26)50-2)45-20-29-12-15-38(49)46-29/h4-9,16-19,28-29,34-35,45H,10-15,20-22H2,1-3H3,(H,46,49)/t29-,34+,35-/m0/s1. The zero-order valence-electron chi connectivity index (χ0n) is 29.3. The van der Waals surface area contributed by atoms with Crippen molar-refractivity contribution in [2.24, 2.45) is 5.92 Å². The summed E-state index contributed by atoms with van der Waals surface area (Å²) in [5, 5.41) is 8.01. The number of carbonyl (C=O) groups excluding carboxylic acids is 2. The van der Waals surface area contributed by atoms with Gasteiger partial charge in [-0.15, -0.1) is 0 Å². The second-order valence-corrected chi connectivity index (χ2v) is 15.2. The molecular formula is C42H43Cl2N3O4. The number of aryl methyl sites for hydroxylation is 2. The molecule has 3 atom stereocenters. The van der Waals surface area contributed by atoms with Gasteiger partial charge >= 0.3 is 0 Å². The number of nitrogens with one attached hydrogen (secondary N) is 2. The van der Waals surface area contributed by atoms with Gasteiger partial charge in [-0.25, -0.2) is 0 Å². The minimum Gasteiger partial charge on any atom is -0.496 e. The summed E-state index contributed by atoms with van der Waals surface area (Å²) in [6, 6.07) is 21.5. The number of Topliss-reactive ketones (excluding diaryl/α,β-unsaturated/α-hetero) is 1. The van der Waals surface area contributed by atoms with Gasteiger partial charge < -0.3 is 20.1 Å². The predicted octanol–water partition coefficient (Wildman–Crippen LogP) is 8.38. The van der Waals surface area contributed by atoms with Crippen LogP contribution in [-0.2, 0) is 22.4 Å². The van der Waals surface area contributed by atoms with Crippen LogP contribution >= 0.6 is 23.2 Å². The smallest absolute Gasteiger partial charge is 0.220 e. The summed E-state index contributed by atoms with van der Waals surface area (Å²) in [7, 11) is 3.45. The molecule has 9 heteroatoms. The van der Waals surface area contributed by atoms with E-state index in [0.29, 0.717) is 16.5 Å². The number of hydrogen-bond donors (Lipinski definition) is 2. The first kappa shape index (κ1) is 34.2. The molecule has 4 aromatic rings. The lowest BCUT2D eigenvalue weighted by Crippen LogP contribution is -2.50. The van der Waals surface area contributed by atoms with Crippen molar-refractivity contribution >= 4 is 34.9 Å². The highest BCUT2D eigenvalue weighted by molar-refractivity contribution is 6.39. The van der Waals surface area contributed by atoms with E-state index in [2.05, 4.69) is 51.9 Å². The Kier molecular flexibility index (Phi) is 9.34. The van der Waals surface area contributed by atoms with Crippen LogP contribution in [0.15, 0.2) is 60.7 Å². The van der Waals surface area contributed by atoms with Crippen molar-refractivity contribution in [1.82, 2.24) is 15.5 Å². The lowest BCUT2D eigenvalue weighted by atomic mass is 9.91. The van der Waals surface area contributed by atoms with Gasteiger partial charge in [-0.05, 0) is 73.4 Å². The summed E-state index contributed by atoms with van der Waals surface area (Å²) in [5.74, 6) is 2.26. The van der Waals surface area contributed by atoms with Gasteiger partial charge in [0.1, 0.15) is 17.3 Å². The van der Waals surface area contributed by atoms with Crippen LogP contribution in [0.4, 0.5) is 0 Å². The molecule has 2 N–H and O–H groups in total. The molecule has 2 aliphatic carbocycles. The molecule has 51 heavy (non-hydrogen) atoms. The summed E-state index contributed by atoms with van der Waals surface area (Å²) >= 11 is 14.6. The van der Waals surface area contributed by atoms with Crippen LogP contribution in [0.2, 0.25) is 10.0 Å². The Morgan fingerprint density at radius 2 is 1.37 bits per heavy atom. The maximum atomic E-state index is 11.9. The number of ketones is 1. The quantitative estimate of drug-likeness (QED) is 0.171. The summed E-state index contributed by atoms with van der Waals surface area (Å²) in [4.78, 5) is 26.0. The van der Waals surface area contributed by atoms with Crippen LogP contribution in [0.25, 0.3) is 33.4 Å². The molecule has 0 unspecified atom stereocenters. The molecule has 0 bridgehead atoms. The molecule has 264 valence electrons. The van der Waals surface area contributed by atoms with Crippen molar-refractivity contribution in [3.8, 4) is 44.9 Å². The van der Waals surface area contributed by atoms with Crippen molar-refractivity contribution < 1.29 is 19.1 Å². The fourth-order valence-electron chi connectivity index (χ4n) is 8.72. The average Bonchev–Trinajstić information content (AvgIpc) is 3.84. The maximum absolute atomic E-state index is 11.9. The van der Waals surface area contributed by atoms with Gasteiger partial charge in [-0.1, -0.05) is 71.7 Å². The number of nitrogens with zero attached hydrogens (tertiary/aromatic N) is 1. The summed E-state index contributed by atoms with van der Waals surface area (Å²) in [5.41, 5.74) is 10.5. The molecule has 0 saturated carbocycles. The number of amides is 1. The molecule has 0 spiro atoms. The van der Waals surface area contributed by atoms with Crippen molar-refractivity contribution in [2.75, 3.05) is 33.9 Å². The van der Waals surface area contributed by atoms with E-state index >= 15 is 0 Å². The van der Waals surface area contributed by atoms with Gasteiger partial charge in [-0.3, -0.25) is 14.5 Å². The highest BCUT2D eigenvalue weighted by Crippen LogP contribution is 2.49. The number of rotatable bonds is 10. The summed E-state index contributed by atoms with van der Waals surface area (Å²) in [6.07, 6.45) is 5.34. The average molecular weight is 725 g/mol. The van der Waals surface area contributed by atoms with Crippen molar-refractivity contribution in [1.29, 1.82) is 0 Å². The van der Waals surface area contributed by atoms with Gasteiger partial charge in [0.2, 0.25) is 5.91 Å². The van der Waals surface area contributed by atoms with Crippen LogP contribution in [0.1, 0.15) is 66.9 Å². The van der Waals surface area contributed by atoms with Gasteiger partial charge in [0.15, 0.2) is 0 Å². The van der Waals surface area contributed by atoms with E-state index in [0.717, 1.165) is 96.6 Å². The van der Waals surface area contributed by atoms with Crippen LogP contribution in [0.3, 0.4) is 0 Å². The van der Waals surface area contributed by atoms with E-state index in [1.807, 2.05) is 24.3 Å². The number of halogens is 2. The Labute approximate surface area is 309 Å². The van der Waals surface area contributed by atoms with E-state index in [9.17, 15) is 9.59 Å². The lowest BCUT2D eigenvalue weighted by Gasteiger charge is -2.42. The molecule has 0 aromatic heterocycles. The molecule has 4 aromatic carbocycles.